The normalized spacial score (nSPS) is 20.9. The summed E-state index contributed by atoms with van der Waals surface area (Å²) in [4.78, 5) is 0. The standard InChI is InChI=1S/C16H24F2N2/c1-16(2)7-5-11(6-8-16)15(20-19)9-12-3-4-13(17)10-14(12)18/h3-4,10-11,15,20H,5-9,19H2,1-2H3. The molecule has 0 heterocycles. The van der Waals surface area contributed by atoms with Crippen molar-refractivity contribution in [3.05, 3.63) is 35.4 Å². The average Bonchev–Trinajstić information content (AvgIpc) is 2.39. The highest BCUT2D eigenvalue weighted by molar-refractivity contribution is 5.19. The Labute approximate surface area is 119 Å². The van der Waals surface area contributed by atoms with E-state index in [4.69, 9.17) is 5.84 Å². The molecule has 0 aromatic heterocycles. The maximum atomic E-state index is 13.7. The molecule has 20 heavy (non-hydrogen) atoms. The van der Waals surface area contributed by atoms with E-state index in [2.05, 4.69) is 19.3 Å². The van der Waals surface area contributed by atoms with Crippen LogP contribution >= 0.6 is 0 Å². The number of rotatable bonds is 4. The lowest BCUT2D eigenvalue weighted by atomic mass is 9.70. The van der Waals surface area contributed by atoms with Gasteiger partial charge in [0.15, 0.2) is 0 Å². The van der Waals surface area contributed by atoms with Crippen molar-refractivity contribution in [2.24, 2.45) is 17.2 Å². The minimum Gasteiger partial charge on any atom is -0.271 e. The highest BCUT2D eigenvalue weighted by atomic mass is 19.1. The molecule has 0 radical (unpaired) electrons. The summed E-state index contributed by atoms with van der Waals surface area (Å²) in [6.07, 6.45) is 5.05. The molecule has 3 N–H and O–H groups in total. The second-order valence-corrected chi connectivity index (χ2v) is 6.71. The Hall–Kier alpha value is -1.00. The number of benzene rings is 1. The van der Waals surface area contributed by atoms with Crippen LogP contribution in [0.25, 0.3) is 0 Å². The molecule has 1 unspecified atom stereocenters. The van der Waals surface area contributed by atoms with Crippen LogP contribution in [0.15, 0.2) is 18.2 Å². The topological polar surface area (TPSA) is 38.0 Å². The van der Waals surface area contributed by atoms with Gasteiger partial charge in [0.1, 0.15) is 11.6 Å². The predicted molar refractivity (Wildman–Crippen MR) is 76.9 cm³/mol. The molecule has 0 spiro atoms. The van der Waals surface area contributed by atoms with E-state index in [1.54, 1.807) is 0 Å². The molecule has 0 bridgehead atoms. The molecule has 1 atom stereocenters. The van der Waals surface area contributed by atoms with Gasteiger partial charge in [-0.1, -0.05) is 19.9 Å². The molecule has 1 aromatic rings. The number of nitrogens with two attached hydrogens (primary N) is 1. The molecule has 1 aliphatic rings. The quantitative estimate of drug-likeness (QED) is 0.654. The first-order valence-corrected chi connectivity index (χ1v) is 7.31. The van der Waals surface area contributed by atoms with Crippen LogP contribution in [0.4, 0.5) is 8.78 Å². The van der Waals surface area contributed by atoms with Crippen molar-refractivity contribution >= 4 is 0 Å². The van der Waals surface area contributed by atoms with E-state index in [9.17, 15) is 8.78 Å². The highest BCUT2D eigenvalue weighted by Gasteiger charge is 2.31. The summed E-state index contributed by atoms with van der Waals surface area (Å²) >= 11 is 0. The summed E-state index contributed by atoms with van der Waals surface area (Å²) < 4.78 is 26.7. The van der Waals surface area contributed by atoms with Gasteiger partial charge in [-0.25, -0.2) is 8.78 Å². The smallest absolute Gasteiger partial charge is 0.129 e. The molecule has 1 fully saturated rings. The molecular formula is C16H24F2N2. The number of hydrazine groups is 1. The lowest BCUT2D eigenvalue weighted by Gasteiger charge is -2.37. The molecule has 0 saturated heterocycles. The van der Waals surface area contributed by atoms with Crippen LogP contribution < -0.4 is 11.3 Å². The van der Waals surface area contributed by atoms with Crippen LogP contribution in [0.3, 0.4) is 0 Å². The van der Waals surface area contributed by atoms with E-state index in [0.29, 0.717) is 23.3 Å². The van der Waals surface area contributed by atoms with E-state index in [0.717, 1.165) is 18.9 Å². The van der Waals surface area contributed by atoms with Crippen LogP contribution in [0.1, 0.15) is 45.1 Å². The fraction of sp³-hybridized carbons (Fsp3) is 0.625. The first-order chi connectivity index (χ1) is 9.41. The van der Waals surface area contributed by atoms with Crippen molar-refractivity contribution < 1.29 is 8.78 Å². The van der Waals surface area contributed by atoms with E-state index >= 15 is 0 Å². The fourth-order valence-electron chi connectivity index (χ4n) is 3.11. The number of hydrogen-bond donors (Lipinski definition) is 2. The van der Waals surface area contributed by atoms with E-state index in [1.807, 2.05) is 0 Å². The van der Waals surface area contributed by atoms with Crippen molar-refractivity contribution in [2.45, 2.75) is 52.0 Å². The summed E-state index contributed by atoms with van der Waals surface area (Å²) in [5.74, 6) is 5.08. The van der Waals surface area contributed by atoms with Crippen LogP contribution in [-0.4, -0.2) is 6.04 Å². The third-order valence-electron chi connectivity index (χ3n) is 4.62. The van der Waals surface area contributed by atoms with Gasteiger partial charge in [0.05, 0.1) is 0 Å². The molecule has 1 aromatic carbocycles. The van der Waals surface area contributed by atoms with Gasteiger partial charge in [0.2, 0.25) is 0 Å². The summed E-state index contributed by atoms with van der Waals surface area (Å²) in [5, 5.41) is 0. The zero-order chi connectivity index (χ0) is 14.8. The number of hydrogen-bond acceptors (Lipinski definition) is 2. The molecule has 4 heteroatoms. The predicted octanol–water partition coefficient (Wildman–Crippen LogP) is 3.56. The number of nitrogens with one attached hydrogen (secondary N) is 1. The molecule has 2 nitrogen and oxygen atoms in total. The summed E-state index contributed by atoms with van der Waals surface area (Å²) in [5.41, 5.74) is 3.76. The molecular weight excluding hydrogens is 258 g/mol. The Morgan fingerprint density at radius 3 is 2.50 bits per heavy atom. The van der Waals surface area contributed by atoms with E-state index in [-0.39, 0.29) is 6.04 Å². The maximum Gasteiger partial charge on any atom is 0.129 e. The van der Waals surface area contributed by atoms with Gasteiger partial charge >= 0.3 is 0 Å². The third kappa shape index (κ3) is 3.76. The Balaban J connectivity index is 2.02. The van der Waals surface area contributed by atoms with Crippen LogP contribution in [0, 0.1) is 23.0 Å². The highest BCUT2D eigenvalue weighted by Crippen LogP contribution is 2.39. The lowest BCUT2D eigenvalue weighted by molar-refractivity contribution is 0.160. The minimum atomic E-state index is -0.539. The van der Waals surface area contributed by atoms with Crippen molar-refractivity contribution in [3.63, 3.8) is 0 Å². The average molecular weight is 282 g/mol. The third-order valence-corrected chi connectivity index (χ3v) is 4.62. The van der Waals surface area contributed by atoms with Crippen LogP contribution in [0.5, 0.6) is 0 Å². The minimum absolute atomic E-state index is 0.0473. The SMILES string of the molecule is CC1(C)CCC(C(Cc2ccc(F)cc2F)NN)CC1. The zero-order valence-corrected chi connectivity index (χ0v) is 12.3. The Bertz CT molecular complexity index is 450. The lowest BCUT2D eigenvalue weighted by Crippen LogP contribution is -2.44. The van der Waals surface area contributed by atoms with Gasteiger partial charge in [-0.15, -0.1) is 0 Å². The molecule has 1 saturated carbocycles. The van der Waals surface area contributed by atoms with Gasteiger partial charge in [0.25, 0.3) is 0 Å². The fourth-order valence-corrected chi connectivity index (χ4v) is 3.11. The number of halogens is 2. The van der Waals surface area contributed by atoms with Gasteiger partial charge in [-0.2, -0.15) is 0 Å². The van der Waals surface area contributed by atoms with E-state index in [1.165, 1.54) is 25.0 Å². The van der Waals surface area contributed by atoms with Gasteiger partial charge in [-0.3, -0.25) is 11.3 Å². The Morgan fingerprint density at radius 2 is 1.95 bits per heavy atom. The van der Waals surface area contributed by atoms with Gasteiger partial charge in [0, 0.05) is 12.1 Å². The van der Waals surface area contributed by atoms with Gasteiger partial charge < -0.3 is 0 Å². The second kappa shape index (κ2) is 6.19. The maximum absolute atomic E-state index is 13.7. The molecule has 2 rings (SSSR count). The first kappa shape index (κ1) is 15.4. The second-order valence-electron chi connectivity index (χ2n) is 6.71. The van der Waals surface area contributed by atoms with Crippen LogP contribution in [0.2, 0.25) is 0 Å². The Morgan fingerprint density at radius 1 is 1.30 bits per heavy atom. The monoisotopic (exact) mass is 282 g/mol. The first-order valence-electron chi connectivity index (χ1n) is 7.31. The van der Waals surface area contributed by atoms with Crippen molar-refractivity contribution in [1.29, 1.82) is 0 Å². The van der Waals surface area contributed by atoms with Crippen molar-refractivity contribution in [1.82, 2.24) is 5.43 Å². The summed E-state index contributed by atoms with van der Waals surface area (Å²) in [7, 11) is 0. The summed E-state index contributed by atoms with van der Waals surface area (Å²) in [6.45, 7) is 4.57. The van der Waals surface area contributed by atoms with Crippen molar-refractivity contribution in [3.8, 4) is 0 Å². The largest absolute Gasteiger partial charge is 0.271 e. The van der Waals surface area contributed by atoms with Crippen molar-refractivity contribution in [2.75, 3.05) is 0 Å². The van der Waals surface area contributed by atoms with Gasteiger partial charge in [-0.05, 0) is 55.1 Å². The van der Waals surface area contributed by atoms with Crippen LogP contribution in [-0.2, 0) is 6.42 Å². The van der Waals surface area contributed by atoms with E-state index < -0.39 is 11.6 Å². The molecule has 0 amide bonds. The zero-order valence-electron chi connectivity index (χ0n) is 12.3. The molecule has 112 valence electrons. The Kier molecular flexibility index (Phi) is 4.76. The molecule has 1 aliphatic carbocycles. The summed E-state index contributed by atoms with van der Waals surface area (Å²) in [6, 6.07) is 3.80. The molecule has 0 aliphatic heterocycles.